The molecule has 1 aliphatic carbocycles. The van der Waals surface area contributed by atoms with E-state index in [2.05, 4.69) is 20.6 Å². The molecule has 3 heterocycles. The number of nitrogens with one attached hydrogen (secondary N) is 2. The van der Waals surface area contributed by atoms with Crippen molar-refractivity contribution in [1.82, 2.24) is 30.2 Å². The molecule has 8 heteroatoms. The van der Waals surface area contributed by atoms with Crippen LogP contribution < -0.4 is 5.32 Å². The summed E-state index contributed by atoms with van der Waals surface area (Å²) >= 11 is 0. The van der Waals surface area contributed by atoms with Crippen molar-refractivity contribution in [1.29, 1.82) is 0 Å². The number of amides is 2. The third kappa shape index (κ3) is 3.74. The van der Waals surface area contributed by atoms with Gasteiger partial charge in [-0.15, -0.1) is 0 Å². The van der Waals surface area contributed by atoms with E-state index >= 15 is 0 Å². The van der Waals surface area contributed by atoms with E-state index in [1.54, 1.807) is 24.0 Å². The number of nitrogens with zero attached hydrogens (tertiary/aromatic N) is 4. The van der Waals surface area contributed by atoms with E-state index in [1.807, 2.05) is 11.0 Å². The fraction of sp³-hybridized carbons (Fsp3) is 0.579. The first kappa shape index (κ1) is 17.8. The van der Waals surface area contributed by atoms with Gasteiger partial charge in [-0.3, -0.25) is 19.4 Å². The van der Waals surface area contributed by atoms with Gasteiger partial charge < -0.3 is 10.2 Å². The Balaban J connectivity index is 1.41. The largest absolute Gasteiger partial charge is 0.348 e. The van der Waals surface area contributed by atoms with Crippen molar-refractivity contribution >= 4 is 11.8 Å². The molecule has 2 N–H and O–H groups in total. The Morgan fingerprint density at radius 1 is 1.22 bits per heavy atom. The van der Waals surface area contributed by atoms with E-state index < -0.39 is 0 Å². The molecule has 0 aromatic carbocycles. The molecule has 1 atom stereocenters. The van der Waals surface area contributed by atoms with Crippen LogP contribution in [0.2, 0.25) is 0 Å². The smallest absolute Gasteiger partial charge is 0.272 e. The molecule has 0 spiro atoms. The van der Waals surface area contributed by atoms with Gasteiger partial charge in [0.05, 0.1) is 0 Å². The first-order valence-corrected chi connectivity index (χ1v) is 9.75. The summed E-state index contributed by atoms with van der Waals surface area (Å²) in [6.45, 7) is 1.36. The van der Waals surface area contributed by atoms with Crippen LogP contribution in [0.1, 0.15) is 71.1 Å². The topological polar surface area (TPSA) is 95.9 Å². The second-order valence-corrected chi connectivity index (χ2v) is 7.59. The van der Waals surface area contributed by atoms with E-state index in [1.165, 1.54) is 12.8 Å². The maximum Gasteiger partial charge on any atom is 0.272 e. The minimum Gasteiger partial charge on any atom is -0.348 e. The summed E-state index contributed by atoms with van der Waals surface area (Å²) in [7, 11) is 1.78. The lowest BCUT2D eigenvalue weighted by Gasteiger charge is -2.32. The molecule has 27 heavy (non-hydrogen) atoms. The fourth-order valence-corrected chi connectivity index (χ4v) is 4.15. The highest BCUT2D eigenvalue weighted by Gasteiger charge is 2.28. The van der Waals surface area contributed by atoms with Crippen LogP contribution in [-0.4, -0.2) is 55.8 Å². The van der Waals surface area contributed by atoms with Crippen molar-refractivity contribution in [3.63, 3.8) is 0 Å². The van der Waals surface area contributed by atoms with Crippen molar-refractivity contribution in [3.8, 4) is 0 Å². The first-order chi connectivity index (χ1) is 13.1. The molecule has 2 aliphatic rings. The molecule has 4 rings (SSSR count). The molecule has 0 bridgehead atoms. The molecule has 1 aliphatic heterocycles. The van der Waals surface area contributed by atoms with Crippen LogP contribution >= 0.6 is 0 Å². The Morgan fingerprint density at radius 3 is 2.78 bits per heavy atom. The van der Waals surface area contributed by atoms with E-state index in [9.17, 15) is 9.59 Å². The molecule has 2 fully saturated rings. The number of hydrogen-bond acceptors (Lipinski definition) is 4. The van der Waals surface area contributed by atoms with Gasteiger partial charge in [-0.05, 0) is 37.8 Å². The molecule has 1 saturated carbocycles. The predicted molar refractivity (Wildman–Crippen MR) is 99.4 cm³/mol. The summed E-state index contributed by atoms with van der Waals surface area (Å²) in [5.74, 6) is 0.0536. The Morgan fingerprint density at radius 2 is 2.04 bits per heavy atom. The van der Waals surface area contributed by atoms with Gasteiger partial charge in [-0.2, -0.15) is 10.2 Å². The van der Waals surface area contributed by atoms with Gasteiger partial charge in [0.2, 0.25) is 0 Å². The number of H-pyrrole nitrogens is 1. The zero-order valence-electron chi connectivity index (χ0n) is 15.6. The summed E-state index contributed by atoms with van der Waals surface area (Å²) in [5.41, 5.74) is 1.96. The normalized spacial score (nSPS) is 20.8. The van der Waals surface area contributed by atoms with Crippen LogP contribution in [0.5, 0.6) is 0 Å². The lowest BCUT2D eigenvalue weighted by Crippen LogP contribution is -2.40. The second kappa shape index (κ2) is 7.54. The number of rotatable bonds is 4. The van der Waals surface area contributed by atoms with Crippen LogP contribution in [0.15, 0.2) is 18.3 Å². The summed E-state index contributed by atoms with van der Waals surface area (Å²) in [6.07, 6.45) is 8.00. The van der Waals surface area contributed by atoms with Crippen LogP contribution in [-0.2, 0) is 7.05 Å². The molecular weight excluding hydrogens is 344 g/mol. The SMILES string of the molecule is Cn1nccc1C(=O)N1CCC[C@H](c2cc(C(=O)NC3CCCC3)n[nH]2)C1. The van der Waals surface area contributed by atoms with E-state index in [0.717, 1.165) is 37.9 Å². The van der Waals surface area contributed by atoms with E-state index in [-0.39, 0.29) is 23.8 Å². The zero-order valence-corrected chi connectivity index (χ0v) is 15.6. The number of hydrogen-bond donors (Lipinski definition) is 2. The number of aromatic amines is 1. The quantitative estimate of drug-likeness (QED) is 0.858. The highest BCUT2D eigenvalue weighted by Crippen LogP contribution is 2.27. The second-order valence-electron chi connectivity index (χ2n) is 7.59. The van der Waals surface area contributed by atoms with E-state index in [0.29, 0.717) is 17.9 Å². The maximum absolute atomic E-state index is 12.7. The van der Waals surface area contributed by atoms with Gasteiger partial charge in [-0.1, -0.05) is 12.8 Å². The summed E-state index contributed by atoms with van der Waals surface area (Å²) in [5, 5.41) is 14.4. The lowest BCUT2D eigenvalue weighted by atomic mass is 9.94. The van der Waals surface area contributed by atoms with E-state index in [4.69, 9.17) is 0 Å². The first-order valence-electron chi connectivity index (χ1n) is 9.75. The van der Waals surface area contributed by atoms with Crippen molar-refractivity contribution in [2.45, 2.75) is 50.5 Å². The van der Waals surface area contributed by atoms with Gasteiger partial charge in [0, 0.05) is 44.0 Å². The summed E-state index contributed by atoms with van der Waals surface area (Å²) in [6, 6.07) is 3.86. The third-order valence-corrected chi connectivity index (χ3v) is 5.71. The lowest BCUT2D eigenvalue weighted by molar-refractivity contribution is 0.0694. The Kier molecular flexibility index (Phi) is 4.96. The number of likely N-dealkylation sites (tertiary alicyclic amines) is 1. The van der Waals surface area contributed by atoms with Crippen LogP contribution in [0.3, 0.4) is 0 Å². The van der Waals surface area contributed by atoms with Gasteiger partial charge in [0.25, 0.3) is 11.8 Å². The molecule has 2 aromatic rings. The number of carbonyl (C=O) groups is 2. The summed E-state index contributed by atoms with van der Waals surface area (Å²) < 4.78 is 1.60. The molecule has 2 aromatic heterocycles. The molecule has 144 valence electrons. The highest BCUT2D eigenvalue weighted by atomic mass is 16.2. The van der Waals surface area contributed by atoms with Gasteiger partial charge in [0.15, 0.2) is 0 Å². The van der Waals surface area contributed by atoms with Crippen molar-refractivity contribution in [2.75, 3.05) is 13.1 Å². The predicted octanol–water partition coefficient (Wildman–Crippen LogP) is 1.84. The summed E-state index contributed by atoms with van der Waals surface area (Å²) in [4.78, 5) is 27.0. The molecular formula is C19H26N6O2. The maximum atomic E-state index is 12.7. The van der Waals surface area contributed by atoms with Gasteiger partial charge in [0.1, 0.15) is 11.4 Å². The van der Waals surface area contributed by atoms with Crippen LogP contribution in [0.25, 0.3) is 0 Å². The third-order valence-electron chi connectivity index (χ3n) is 5.71. The molecule has 8 nitrogen and oxygen atoms in total. The molecule has 2 amide bonds. The Hall–Kier alpha value is -2.64. The van der Waals surface area contributed by atoms with Crippen molar-refractivity contribution < 1.29 is 9.59 Å². The van der Waals surface area contributed by atoms with Crippen molar-refractivity contribution in [3.05, 3.63) is 35.4 Å². The number of aromatic nitrogens is 4. The van der Waals surface area contributed by atoms with Crippen LogP contribution in [0, 0.1) is 0 Å². The van der Waals surface area contributed by atoms with Crippen molar-refractivity contribution in [2.24, 2.45) is 7.05 Å². The highest BCUT2D eigenvalue weighted by molar-refractivity contribution is 5.93. The number of aryl methyl sites for hydroxylation is 1. The number of carbonyl (C=O) groups excluding carboxylic acids is 2. The fourth-order valence-electron chi connectivity index (χ4n) is 4.15. The average molecular weight is 370 g/mol. The average Bonchev–Trinajstić information content (AvgIpc) is 3.43. The monoisotopic (exact) mass is 370 g/mol. The minimum atomic E-state index is -0.108. The molecule has 0 radical (unpaired) electrons. The Bertz CT molecular complexity index is 820. The standard InChI is InChI=1S/C19H26N6O2/c1-24-17(8-9-20-24)19(27)25-10-4-5-13(12-25)15-11-16(23-22-15)18(26)21-14-6-2-3-7-14/h8-9,11,13-14H,2-7,10,12H2,1H3,(H,21,26)(H,22,23)/t13-/m0/s1. The minimum absolute atomic E-state index is 0.00147. The zero-order chi connectivity index (χ0) is 18.8. The van der Waals surface area contributed by atoms with Gasteiger partial charge >= 0.3 is 0 Å². The van der Waals surface area contributed by atoms with Gasteiger partial charge in [-0.25, -0.2) is 0 Å². The Labute approximate surface area is 158 Å². The molecule has 0 unspecified atom stereocenters. The number of piperidine rings is 1. The van der Waals surface area contributed by atoms with Crippen LogP contribution in [0.4, 0.5) is 0 Å². The molecule has 1 saturated heterocycles.